The van der Waals surface area contributed by atoms with Crippen LogP contribution in [0, 0.1) is 5.92 Å². The number of ether oxygens (including phenoxy) is 1. The van der Waals surface area contributed by atoms with Crippen LogP contribution in [-0.4, -0.2) is 40.5 Å². The molecule has 1 aromatic rings. The summed E-state index contributed by atoms with van der Waals surface area (Å²) in [6.07, 6.45) is 2.50. The van der Waals surface area contributed by atoms with E-state index in [1.165, 1.54) is 0 Å². The number of anilines is 1. The molecule has 116 valence electrons. The maximum Gasteiger partial charge on any atom is 0.339 e. The third-order valence-corrected chi connectivity index (χ3v) is 4.12. The number of hydrogen-bond donors (Lipinski definition) is 2. The smallest absolute Gasteiger partial charge is 0.339 e. The zero-order valence-corrected chi connectivity index (χ0v) is 12.8. The predicted molar refractivity (Wildman–Crippen MR) is 79.8 cm³/mol. The lowest BCUT2D eigenvalue weighted by molar-refractivity contribution is 0.0696. The van der Waals surface area contributed by atoms with E-state index in [0.717, 1.165) is 24.3 Å². The molecular formula is C15H23N3O3. The number of carboxylic acid groups (broad SMARTS) is 1. The van der Waals surface area contributed by atoms with E-state index in [-0.39, 0.29) is 11.7 Å². The number of aryl methyl sites for hydroxylation is 1. The van der Waals surface area contributed by atoms with Crippen molar-refractivity contribution in [1.82, 2.24) is 10.2 Å². The van der Waals surface area contributed by atoms with Gasteiger partial charge in [-0.15, -0.1) is 5.10 Å². The Kier molecular flexibility index (Phi) is 5.12. The Hall–Kier alpha value is -1.69. The van der Waals surface area contributed by atoms with Crippen molar-refractivity contribution in [3.8, 4) is 0 Å². The first-order chi connectivity index (χ1) is 10.1. The second kappa shape index (κ2) is 6.85. The molecule has 0 saturated carbocycles. The summed E-state index contributed by atoms with van der Waals surface area (Å²) < 4.78 is 5.52. The van der Waals surface area contributed by atoms with Crippen molar-refractivity contribution >= 4 is 11.8 Å². The second-order valence-corrected chi connectivity index (χ2v) is 5.37. The number of rotatable bonds is 6. The molecule has 2 rings (SSSR count). The van der Waals surface area contributed by atoms with Crippen molar-refractivity contribution in [2.75, 3.05) is 18.5 Å². The fourth-order valence-corrected chi connectivity index (χ4v) is 2.80. The van der Waals surface area contributed by atoms with E-state index in [1.807, 2.05) is 20.8 Å². The molecule has 0 radical (unpaired) electrons. The fraction of sp³-hybridized carbons (Fsp3) is 0.667. The molecule has 2 atom stereocenters. The maximum absolute atomic E-state index is 11.6. The number of carbonyl (C=O) groups is 1. The number of hydrogen-bond acceptors (Lipinski definition) is 5. The molecule has 21 heavy (non-hydrogen) atoms. The molecule has 0 spiro atoms. The molecule has 2 heterocycles. The van der Waals surface area contributed by atoms with Crippen LogP contribution in [0.4, 0.5) is 5.82 Å². The minimum Gasteiger partial charge on any atom is -0.478 e. The summed E-state index contributed by atoms with van der Waals surface area (Å²) in [4.78, 5) is 11.6. The van der Waals surface area contributed by atoms with Gasteiger partial charge in [0.25, 0.3) is 0 Å². The molecule has 1 aromatic heterocycles. The molecule has 0 aromatic carbocycles. The lowest BCUT2D eigenvalue weighted by Gasteiger charge is -2.17. The number of nitrogens with zero attached hydrogens (tertiary/aromatic N) is 2. The van der Waals surface area contributed by atoms with Crippen LogP contribution >= 0.6 is 0 Å². The molecule has 0 amide bonds. The highest BCUT2D eigenvalue weighted by Crippen LogP contribution is 2.24. The molecule has 1 saturated heterocycles. The van der Waals surface area contributed by atoms with Crippen LogP contribution in [-0.2, 0) is 17.6 Å². The summed E-state index contributed by atoms with van der Waals surface area (Å²) >= 11 is 0. The maximum atomic E-state index is 11.6. The summed E-state index contributed by atoms with van der Waals surface area (Å²) in [5.74, 6) is -0.199. The number of carboxylic acids is 1. The van der Waals surface area contributed by atoms with Crippen LogP contribution < -0.4 is 5.32 Å². The Balaban J connectivity index is 2.24. The van der Waals surface area contributed by atoms with Crippen molar-refractivity contribution in [2.24, 2.45) is 5.92 Å². The monoisotopic (exact) mass is 293 g/mol. The van der Waals surface area contributed by atoms with Gasteiger partial charge < -0.3 is 15.2 Å². The van der Waals surface area contributed by atoms with Crippen molar-refractivity contribution in [3.05, 3.63) is 16.8 Å². The van der Waals surface area contributed by atoms with Gasteiger partial charge in [0, 0.05) is 19.1 Å². The van der Waals surface area contributed by atoms with Crippen LogP contribution in [0.5, 0.6) is 0 Å². The molecule has 1 aliphatic rings. The van der Waals surface area contributed by atoms with E-state index in [2.05, 4.69) is 15.5 Å². The SMILES string of the molecule is CCc1nnc(NCC2CCOC2C)c(C(=O)O)c1CC. The van der Waals surface area contributed by atoms with E-state index in [0.29, 0.717) is 31.1 Å². The van der Waals surface area contributed by atoms with Crippen LogP contribution in [0.3, 0.4) is 0 Å². The predicted octanol–water partition coefficient (Wildman–Crippen LogP) is 2.14. The Morgan fingerprint density at radius 3 is 2.67 bits per heavy atom. The van der Waals surface area contributed by atoms with Gasteiger partial charge in [0.05, 0.1) is 11.8 Å². The molecule has 1 aliphatic heterocycles. The highest BCUT2D eigenvalue weighted by Gasteiger charge is 2.26. The Bertz CT molecular complexity index is 519. The zero-order valence-electron chi connectivity index (χ0n) is 12.8. The highest BCUT2D eigenvalue weighted by molar-refractivity contribution is 5.95. The van der Waals surface area contributed by atoms with Crippen molar-refractivity contribution in [3.63, 3.8) is 0 Å². The van der Waals surface area contributed by atoms with Gasteiger partial charge in [-0.05, 0) is 31.7 Å². The second-order valence-electron chi connectivity index (χ2n) is 5.37. The Morgan fingerprint density at radius 2 is 2.14 bits per heavy atom. The van der Waals surface area contributed by atoms with Crippen molar-refractivity contribution in [1.29, 1.82) is 0 Å². The Labute approximate surface area is 124 Å². The average molecular weight is 293 g/mol. The molecule has 0 aliphatic carbocycles. The molecule has 6 heteroatoms. The van der Waals surface area contributed by atoms with Crippen LogP contribution in [0.1, 0.15) is 48.8 Å². The van der Waals surface area contributed by atoms with Gasteiger partial charge in [-0.25, -0.2) is 4.79 Å². The van der Waals surface area contributed by atoms with Gasteiger partial charge in [0.2, 0.25) is 0 Å². The summed E-state index contributed by atoms with van der Waals surface area (Å²) in [7, 11) is 0. The van der Waals surface area contributed by atoms with Gasteiger partial charge in [0.1, 0.15) is 5.56 Å². The van der Waals surface area contributed by atoms with E-state index in [1.54, 1.807) is 0 Å². The van der Waals surface area contributed by atoms with Crippen LogP contribution in [0.15, 0.2) is 0 Å². The highest BCUT2D eigenvalue weighted by atomic mass is 16.5. The summed E-state index contributed by atoms with van der Waals surface area (Å²) in [6, 6.07) is 0. The average Bonchev–Trinajstić information content (AvgIpc) is 2.88. The molecule has 2 N–H and O–H groups in total. The van der Waals surface area contributed by atoms with Gasteiger partial charge in [-0.2, -0.15) is 5.10 Å². The summed E-state index contributed by atoms with van der Waals surface area (Å²) in [5, 5.41) is 20.9. The fourth-order valence-electron chi connectivity index (χ4n) is 2.80. The largest absolute Gasteiger partial charge is 0.478 e. The van der Waals surface area contributed by atoms with Crippen molar-refractivity contribution in [2.45, 2.75) is 46.1 Å². The van der Waals surface area contributed by atoms with E-state index in [4.69, 9.17) is 4.74 Å². The van der Waals surface area contributed by atoms with E-state index >= 15 is 0 Å². The van der Waals surface area contributed by atoms with E-state index < -0.39 is 5.97 Å². The standard InChI is InChI=1S/C15H23N3O3/c1-4-11-12(5-2)17-18-14(13(11)15(19)20)16-8-10-6-7-21-9(10)3/h9-10H,4-8H2,1-3H3,(H,16,18)(H,19,20). The quantitative estimate of drug-likeness (QED) is 0.836. The van der Waals surface area contributed by atoms with Crippen LogP contribution in [0.25, 0.3) is 0 Å². The number of nitrogens with one attached hydrogen (secondary N) is 1. The topological polar surface area (TPSA) is 84.3 Å². The molecule has 6 nitrogen and oxygen atoms in total. The first-order valence-corrected chi connectivity index (χ1v) is 7.55. The minimum absolute atomic E-state index is 0.194. The van der Waals surface area contributed by atoms with Crippen molar-refractivity contribution < 1.29 is 14.6 Å². The lowest BCUT2D eigenvalue weighted by Crippen LogP contribution is -2.23. The molecule has 1 fully saturated rings. The normalized spacial score (nSPS) is 21.5. The zero-order chi connectivity index (χ0) is 15.4. The van der Waals surface area contributed by atoms with Gasteiger partial charge >= 0.3 is 5.97 Å². The third-order valence-electron chi connectivity index (χ3n) is 4.12. The number of aromatic nitrogens is 2. The number of aromatic carboxylic acids is 1. The van der Waals surface area contributed by atoms with Gasteiger partial charge in [-0.1, -0.05) is 13.8 Å². The lowest BCUT2D eigenvalue weighted by atomic mass is 10.0. The van der Waals surface area contributed by atoms with E-state index in [9.17, 15) is 9.90 Å². The van der Waals surface area contributed by atoms with Gasteiger partial charge in [-0.3, -0.25) is 0 Å². The minimum atomic E-state index is -0.949. The Morgan fingerprint density at radius 1 is 1.38 bits per heavy atom. The van der Waals surface area contributed by atoms with Gasteiger partial charge in [0.15, 0.2) is 5.82 Å². The summed E-state index contributed by atoms with van der Waals surface area (Å²) in [6.45, 7) is 7.37. The third kappa shape index (κ3) is 3.32. The first kappa shape index (κ1) is 15.7. The molecule has 2 unspecified atom stereocenters. The van der Waals surface area contributed by atoms with Crippen LogP contribution in [0.2, 0.25) is 0 Å². The molecule has 0 bridgehead atoms. The summed E-state index contributed by atoms with van der Waals surface area (Å²) in [5.41, 5.74) is 1.80. The first-order valence-electron chi connectivity index (χ1n) is 7.55. The molecular weight excluding hydrogens is 270 g/mol.